The van der Waals surface area contributed by atoms with E-state index < -0.39 is 30.1 Å². The Labute approximate surface area is 241 Å². The highest BCUT2D eigenvalue weighted by Crippen LogP contribution is 2.27. The van der Waals surface area contributed by atoms with E-state index in [4.69, 9.17) is 4.74 Å². The number of hydrogen-bond donors (Lipinski definition) is 4. The van der Waals surface area contributed by atoms with Crippen LogP contribution < -0.4 is 26.0 Å². The summed E-state index contributed by atoms with van der Waals surface area (Å²) in [6, 6.07) is 23.7. The first-order chi connectivity index (χ1) is 19.9. The fourth-order valence-electron chi connectivity index (χ4n) is 4.74. The van der Waals surface area contributed by atoms with Crippen LogP contribution in [0, 0.1) is 5.92 Å². The molecule has 0 aliphatic carbocycles. The Hall–Kier alpha value is -4.43. The minimum Gasteiger partial charge on any atom is -0.483 e. The molecule has 0 aromatic heterocycles. The van der Waals surface area contributed by atoms with Crippen molar-refractivity contribution in [1.29, 1.82) is 0 Å². The van der Waals surface area contributed by atoms with Crippen molar-refractivity contribution in [2.45, 2.75) is 50.9 Å². The third kappa shape index (κ3) is 7.83. The van der Waals surface area contributed by atoms with Gasteiger partial charge >= 0.3 is 0 Å². The van der Waals surface area contributed by atoms with Crippen LogP contribution in [0.3, 0.4) is 0 Å². The van der Waals surface area contributed by atoms with Crippen molar-refractivity contribution in [3.63, 3.8) is 0 Å². The van der Waals surface area contributed by atoms with Crippen molar-refractivity contribution in [3.05, 3.63) is 108 Å². The molecule has 2 aliphatic heterocycles. The summed E-state index contributed by atoms with van der Waals surface area (Å²) in [6.07, 6.45) is 3.57. The van der Waals surface area contributed by atoms with Crippen LogP contribution in [0.25, 0.3) is 6.08 Å². The zero-order valence-corrected chi connectivity index (χ0v) is 23.7. The van der Waals surface area contributed by atoms with Gasteiger partial charge in [-0.1, -0.05) is 93.1 Å². The summed E-state index contributed by atoms with van der Waals surface area (Å²) in [6.45, 7) is 3.87. The Morgan fingerprint density at radius 2 is 1.59 bits per heavy atom. The number of fused-ring (bicyclic) bond motifs is 10. The smallest absolute Gasteiger partial charge is 0.247 e. The van der Waals surface area contributed by atoms with Gasteiger partial charge in [0.1, 0.15) is 17.8 Å². The summed E-state index contributed by atoms with van der Waals surface area (Å²) in [5.41, 5.74) is 2.56. The molecule has 3 aromatic rings. The second kappa shape index (κ2) is 14.3. The Bertz CT molecular complexity index is 1330. The molecule has 41 heavy (non-hydrogen) atoms. The highest BCUT2D eigenvalue weighted by Gasteiger charge is 2.37. The Morgan fingerprint density at radius 1 is 0.927 bits per heavy atom. The third-order valence-corrected chi connectivity index (χ3v) is 7.40. The fourth-order valence-corrected chi connectivity index (χ4v) is 4.74. The lowest BCUT2D eigenvalue weighted by molar-refractivity contribution is -0.135. The second-order valence-electron chi connectivity index (χ2n) is 10.2. The van der Waals surface area contributed by atoms with E-state index in [1.807, 2.05) is 86.6 Å². The molecule has 3 amide bonds. The number of hydrogen-bond acceptors (Lipinski definition) is 5. The molecule has 5 atom stereocenters. The van der Waals surface area contributed by atoms with Gasteiger partial charge < -0.3 is 26.0 Å². The fraction of sp³-hybridized carbons (Fsp3) is 0.303. The summed E-state index contributed by atoms with van der Waals surface area (Å²) in [7, 11) is 1.71. The number of ether oxygens (including phenoxy) is 1. The molecule has 4 N–H and O–H groups in total. The van der Waals surface area contributed by atoms with Gasteiger partial charge in [0.15, 0.2) is 6.10 Å². The predicted octanol–water partition coefficient (Wildman–Crippen LogP) is 3.75. The van der Waals surface area contributed by atoms with E-state index >= 15 is 0 Å². The van der Waals surface area contributed by atoms with Gasteiger partial charge in [0.2, 0.25) is 17.7 Å². The molecule has 3 aromatic carbocycles. The lowest BCUT2D eigenvalue weighted by Gasteiger charge is -2.32. The number of benzene rings is 3. The largest absolute Gasteiger partial charge is 0.483 e. The summed E-state index contributed by atoms with van der Waals surface area (Å²) >= 11 is 0. The summed E-state index contributed by atoms with van der Waals surface area (Å²) in [5.74, 6) is -0.826. The zero-order chi connectivity index (χ0) is 29.2. The molecule has 1 unspecified atom stereocenters. The van der Waals surface area contributed by atoms with Crippen molar-refractivity contribution in [2.24, 2.45) is 5.92 Å². The molecule has 2 bridgehead atoms. The molecule has 214 valence electrons. The van der Waals surface area contributed by atoms with Crippen LogP contribution in [0.4, 0.5) is 0 Å². The van der Waals surface area contributed by atoms with Crippen LogP contribution in [0.2, 0.25) is 0 Å². The van der Waals surface area contributed by atoms with Crippen LogP contribution in [-0.4, -0.2) is 42.9 Å². The van der Waals surface area contributed by atoms with Crippen LogP contribution >= 0.6 is 0 Å². The van der Waals surface area contributed by atoms with Gasteiger partial charge in [0, 0.05) is 6.20 Å². The monoisotopic (exact) mass is 554 g/mol. The maximum Gasteiger partial charge on any atom is 0.247 e. The molecule has 0 radical (unpaired) electrons. The van der Waals surface area contributed by atoms with Gasteiger partial charge in [0.25, 0.3) is 0 Å². The first kappa shape index (κ1) is 29.6. The van der Waals surface area contributed by atoms with Crippen molar-refractivity contribution >= 4 is 23.8 Å². The van der Waals surface area contributed by atoms with E-state index in [0.717, 1.165) is 11.1 Å². The number of nitrogens with one attached hydrogen (secondary N) is 4. The van der Waals surface area contributed by atoms with Crippen molar-refractivity contribution in [2.75, 3.05) is 7.05 Å². The van der Waals surface area contributed by atoms with Gasteiger partial charge in [-0.05, 0) is 54.3 Å². The topological polar surface area (TPSA) is 109 Å². The molecule has 0 saturated heterocycles. The van der Waals surface area contributed by atoms with Crippen LogP contribution in [0.15, 0.2) is 91.1 Å². The van der Waals surface area contributed by atoms with Gasteiger partial charge in [0.05, 0.1) is 6.04 Å². The summed E-state index contributed by atoms with van der Waals surface area (Å²) in [4.78, 5) is 41.0. The van der Waals surface area contributed by atoms with E-state index in [2.05, 4.69) is 21.3 Å². The van der Waals surface area contributed by atoms with E-state index in [1.165, 1.54) is 0 Å². The molecule has 2 heterocycles. The molecule has 8 heteroatoms. The maximum absolute atomic E-state index is 14.1. The van der Waals surface area contributed by atoms with E-state index in [1.54, 1.807) is 31.5 Å². The zero-order valence-electron chi connectivity index (χ0n) is 23.7. The standard InChI is InChI=1S/C33H38N4O4/c1-4-22(2)28-32(39)35-20-19-23-15-17-26(18-16-23)41-30(25-13-9-6-10-14-25)29(33(40)36-28)37-31(38)27(34-3)21-24-11-7-5-8-12-24/h5-20,22,27-30,34H,4,21H2,1-3H3,(H,35,39)(H,36,40)(H,37,38)/b20-19-/t22?,27-,28-,29+,30-/m0/s1. The van der Waals surface area contributed by atoms with Crippen LogP contribution in [-0.2, 0) is 20.8 Å². The number of carbonyl (C=O) groups is 3. The predicted molar refractivity (Wildman–Crippen MR) is 160 cm³/mol. The van der Waals surface area contributed by atoms with Gasteiger partial charge in [-0.2, -0.15) is 0 Å². The molecule has 0 saturated carbocycles. The normalized spacial score (nSPS) is 21.4. The number of carbonyl (C=O) groups excluding carboxylic acids is 3. The quantitative estimate of drug-likeness (QED) is 0.339. The molecule has 5 rings (SSSR count). The van der Waals surface area contributed by atoms with E-state index in [0.29, 0.717) is 24.2 Å². The van der Waals surface area contributed by atoms with Crippen molar-refractivity contribution < 1.29 is 19.1 Å². The number of likely N-dealkylation sites (N-methyl/N-ethyl adjacent to an activating group) is 1. The SMILES string of the molecule is CCC(C)[C@@H]1NC(=O)[C@H](NC(=O)[C@H](Cc2ccccc2)NC)[C@H](c2ccccc2)Oc2ccc(cc2)/C=C\NC1=O. The molecule has 0 spiro atoms. The molecular weight excluding hydrogens is 516 g/mol. The minimum atomic E-state index is -1.14. The Morgan fingerprint density at radius 3 is 2.22 bits per heavy atom. The Kier molecular flexibility index (Phi) is 10.3. The summed E-state index contributed by atoms with van der Waals surface area (Å²) in [5, 5.41) is 11.8. The Balaban J connectivity index is 1.75. The average Bonchev–Trinajstić information content (AvgIpc) is 3.01. The lowest BCUT2D eigenvalue weighted by Crippen LogP contribution is -2.59. The highest BCUT2D eigenvalue weighted by atomic mass is 16.5. The first-order valence-corrected chi connectivity index (χ1v) is 14.0. The molecular formula is C33H38N4O4. The molecule has 0 fully saturated rings. The average molecular weight is 555 g/mol. The van der Waals surface area contributed by atoms with Crippen LogP contribution in [0.5, 0.6) is 5.75 Å². The molecule has 2 aliphatic rings. The lowest BCUT2D eigenvalue weighted by atomic mass is 9.95. The summed E-state index contributed by atoms with van der Waals surface area (Å²) < 4.78 is 6.44. The molecule has 8 nitrogen and oxygen atoms in total. The maximum atomic E-state index is 14.1. The van der Waals surface area contributed by atoms with E-state index in [-0.39, 0.29) is 17.7 Å². The minimum absolute atomic E-state index is 0.158. The third-order valence-electron chi connectivity index (χ3n) is 7.40. The van der Waals surface area contributed by atoms with Crippen molar-refractivity contribution in [3.8, 4) is 5.75 Å². The van der Waals surface area contributed by atoms with Gasteiger partial charge in [-0.3, -0.25) is 14.4 Å². The highest BCUT2D eigenvalue weighted by molar-refractivity contribution is 5.94. The van der Waals surface area contributed by atoms with E-state index in [9.17, 15) is 14.4 Å². The van der Waals surface area contributed by atoms with Crippen molar-refractivity contribution in [1.82, 2.24) is 21.3 Å². The van der Waals surface area contributed by atoms with Crippen LogP contribution in [0.1, 0.15) is 43.1 Å². The number of rotatable bonds is 8. The van der Waals surface area contributed by atoms with Gasteiger partial charge in [-0.25, -0.2) is 0 Å². The number of amides is 3. The first-order valence-electron chi connectivity index (χ1n) is 14.0. The van der Waals surface area contributed by atoms with Gasteiger partial charge in [-0.15, -0.1) is 0 Å². The second-order valence-corrected chi connectivity index (χ2v) is 10.2.